The van der Waals surface area contributed by atoms with Crippen LogP contribution in [0.2, 0.25) is 0 Å². The van der Waals surface area contributed by atoms with E-state index in [2.05, 4.69) is 9.97 Å². The number of methoxy groups -OCH3 is 1. The Morgan fingerprint density at radius 2 is 1.86 bits per heavy atom. The Kier molecular flexibility index (Phi) is 5.12. The fourth-order valence-corrected chi connectivity index (χ4v) is 2.88. The molecule has 1 aromatic carbocycles. The van der Waals surface area contributed by atoms with E-state index in [1.54, 1.807) is 35.0 Å². The van der Waals surface area contributed by atoms with Crippen molar-refractivity contribution in [1.82, 2.24) is 14.5 Å². The second kappa shape index (κ2) is 7.51. The zero-order valence-corrected chi connectivity index (χ0v) is 15.7. The van der Waals surface area contributed by atoms with Crippen LogP contribution in [0, 0.1) is 0 Å². The summed E-state index contributed by atoms with van der Waals surface area (Å²) < 4.78 is 6.95. The predicted molar refractivity (Wildman–Crippen MR) is 105 cm³/mol. The van der Waals surface area contributed by atoms with E-state index in [9.17, 15) is 14.7 Å². The van der Waals surface area contributed by atoms with Gasteiger partial charge < -0.3 is 20.1 Å². The minimum absolute atomic E-state index is 0.0807. The molecule has 2 aromatic heterocycles. The molecule has 3 rings (SSSR count). The Morgan fingerprint density at radius 1 is 1.14 bits per heavy atom. The minimum atomic E-state index is -1.28. The van der Waals surface area contributed by atoms with E-state index >= 15 is 0 Å². The van der Waals surface area contributed by atoms with Crippen molar-refractivity contribution in [3.8, 4) is 28.3 Å². The number of nitrogens with zero attached hydrogens (tertiary/aromatic N) is 3. The number of rotatable bonds is 5. The van der Waals surface area contributed by atoms with Crippen molar-refractivity contribution in [3.05, 3.63) is 58.6 Å². The monoisotopic (exact) mass is 380 g/mol. The molecule has 0 aliphatic rings. The fraction of sp³-hybridized carbons (Fsp3) is 0.200. The third-order valence-corrected chi connectivity index (χ3v) is 4.26. The summed E-state index contributed by atoms with van der Waals surface area (Å²) in [5.74, 6) is -0.943. The van der Waals surface area contributed by atoms with Crippen molar-refractivity contribution >= 4 is 11.8 Å². The molecule has 8 nitrogen and oxygen atoms in total. The highest BCUT2D eigenvalue weighted by Gasteiger charge is 2.21. The van der Waals surface area contributed by atoms with E-state index in [1.807, 2.05) is 19.9 Å². The van der Waals surface area contributed by atoms with E-state index in [1.165, 1.54) is 13.2 Å². The first-order chi connectivity index (χ1) is 13.3. The second-order valence-electron chi connectivity index (χ2n) is 6.42. The molecule has 3 aromatic rings. The number of carboxylic acids is 1. The van der Waals surface area contributed by atoms with Gasteiger partial charge in [0.05, 0.1) is 12.8 Å². The van der Waals surface area contributed by atoms with Gasteiger partial charge in [0.2, 0.25) is 0 Å². The lowest BCUT2D eigenvalue weighted by Gasteiger charge is -2.16. The summed E-state index contributed by atoms with van der Waals surface area (Å²) in [6.45, 7) is 3.76. The first-order valence-electron chi connectivity index (χ1n) is 8.60. The summed E-state index contributed by atoms with van der Waals surface area (Å²) in [6, 6.07) is 10.1. The molecule has 8 heteroatoms. The van der Waals surface area contributed by atoms with Crippen LogP contribution in [-0.2, 0) is 0 Å². The van der Waals surface area contributed by atoms with Gasteiger partial charge in [-0.25, -0.2) is 14.8 Å². The number of hydrogen-bond acceptors (Lipinski definition) is 6. The molecule has 0 bridgehead atoms. The van der Waals surface area contributed by atoms with E-state index in [4.69, 9.17) is 10.5 Å². The van der Waals surface area contributed by atoms with E-state index in [-0.39, 0.29) is 23.1 Å². The quantitative estimate of drug-likeness (QED) is 0.698. The van der Waals surface area contributed by atoms with Gasteiger partial charge in [-0.2, -0.15) is 0 Å². The van der Waals surface area contributed by atoms with Crippen molar-refractivity contribution in [1.29, 1.82) is 0 Å². The van der Waals surface area contributed by atoms with Gasteiger partial charge >= 0.3 is 5.97 Å². The van der Waals surface area contributed by atoms with Gasteiger partial charge in [-0.3, -0.25) is 4.79 Å². The van der Waals surface area contributed by atoms with Crippen LogP contribution in [0.15, 0.2) is 47.4 Å². The van der Waals surface area contributed by atoms with E-state index < -0.39 is 5.97 Å². The summed E-state index contributed by atoms with van der Waals surface area (Å²) in [5, 5.41) is 9.42. The average molecular weight is 380 g/mol. The molecule has 0 amide bonds. The number of benzene rings is 1. The zero-order chi connectivity index (χ0) is 20.4. The lowest BCUT2D eigenvalue weighted by molar-refractivity contribution is 0.0691. The highest BCUT2D eigenvalue weighted by molar-refractivity contribution is 5.93. The number of pyridine rings is 1. The molecule has 0 saturated heterocycles. The molecule has 0 saturated carbocycles. The average Bonchev–Trinajstić information content (AvgIpc) is 2.67. The van der Waals surface area contributed by atoms with Crippen LogP contribution in [0.25, 0.3) is 22.5 Å². The molecule has 0 aliphatic heterocycles. The number of aromatic carboxylic acids is 1. The Labute approximate surface area is 161 Å². The number of nitrogen functional groups attached to an aromatic ring is 1. The van der Waals surface area contributed by atoms with Gasteiger partial charge in [-0.1, -0.05) is 12.1 Å². The van der Waals surface area contributed by atoms with Gasteiger partial charge in [-0.15, -0.1) is 0 Å². The third-order valence-electron chi connectivity index (χ3n) is 4.26. The Hall–Kier alpha value is -3.68. The summed E-state index contributed by atoms with van der Waals surface area (Å²) in [4.78, 5) is 32.2. The first kappa shape index (κ1) is 19.1. The lowest BCUT2D eigenvalue weighted by Crippen LogP contribution is -2.20. The minimum Gasteiger partial charge on any atom is -0.496 e. The molecular formula is C20H20N4O4. The zero-order valence-electron chi connectivity index (χ0n) is 15.7. The topological polar surface area (TPSA) is 120 Å². The number of aromatic nitrogens is 3. The predicted octanol–water partition coefficient (Wildman–Crippen LogP) is 2.84. The normalized spacial score (nSPS) is 10.9. The maximum Gasteiger partial charge on any atom is 0.358 e. The molecule has 0 aliphatic carbocycles. The van der Waals surface area contributed by atoms with Crippen LogP contribution < -0.4 is 16.0 Å². The van der Waals surface area contributed by atoms with Gasteiger partial charge in [0.15, 0.2) is 11.5 Å². The van der Waals surface area contributed by atoms with Gasteiger partial charge in [0.1, 0.15) is 11.4 Å². The molecule has 0 fully saturated rings. The van der Waals surface area contributed by atoms with Gasteiger partial charge in [0.25, 0.3) is 5.56 Å². The number of hydrogen-bond donors (Lipinski definition) is 2. The molecule has 0 atom stereocenters. The highest BCUT2D eigenvalue weighted by atomic mass is 16.5. The number of ether oxygens (including phenoxy) is 1. The van der Waals surface area contributed by atoms with Crippen molar-refractivity contribution in [2.24, 2.45) is 0 Å². The van der Waals surface area contributed by atoms with Gasteiger partial charge in [0, 0.05) is 29.4 Å². The van der Waals surface area contributed by atoms with E-state index in [0.29, 0.717) is 28.3 Å². The number of carbonyl (C=O) groups is 1. The van der Waals surface area contributed by atoms with Crippen molar-refractivity contribution in [2.75, 3.05) is 12.8 Å². The maximum atomic E-state index is 12.1. The molecule has 144 valence electrons. The molecule has 2 heterocycles. The number of anilines is 1. The van der Waals surface area contributed by atoms with Crippen LogP contribution in [0.4, 0.5) is 5.82 Å². The smallest absolute Gasteiger partial charge is 0.358 e. The Morgan fingerprint density at radius 3 is 2.50 bits per heavy atom. The highest BCUT2D eigenvalue weighted by Crippen LogP contribution is 2.35. The Balaban J connectivity index is 2.36. The van der Waals surface area contributed by atoms with Crippen LogP contribution >= 0.6 is 0 Å². The summed E-state index contributed by atoms with van der Waals surface area (Å²) in [6.07, 6.45) is 1.64. The summed E-state index contributed by atoms with van der Waals surface area (Å²) in [7, 11) is 1.53. The molecule has 0 spiro atoms. The first-order valence-corrected chi connectivity index (χ1v) is 8.60. The SMILES string of the molecule is COc1ccccc1-c1nc(N)c(C(=O)O)nc1-c1ccc(=O)n(C(C)C)c1. The molecule has 0 radical (unpaired) electrons. The number of para-hydroxylation sites is 1. The molecule has 0 unspecified atom stereocenters. The third kappa shape index (κ3) is 3.44. The van der Waals surface area contributed by atoms with Crippen LogP contribution in [0.3, 0.4) is 0 Å². The molecule has 3 N–H and O–H groups in total. The summed E-state index contributed by atoms with van der Waals surface area (Å²) >= 11 is 0. The van der Waals surface area contributed by atoms with Gasteiger partial charge in [-0.05, 0) is 32.0 Å². The molecular weight excluding hydrogens is 360 g/mol. The largest absolute Gasteiger partial charge is 0.496 e. The Bertz CT molecular complexity index is 1110. The number of carboxylic acid groups (broad SMARTS) is 1. The maximum absolute atomic E-state index is 12.1. The fourth-order valence-electron chi connectivity index (χ4n) is 2.88. The number of nitrogens with two attached hydrogens (primary N) is 1. The second-order valence-corrected chi connectivity index (χ2v) is 6.42. The van der Waals surface area contributed by atoms with Crippen LogP contribution in [-0.4, -0.2) is 32.7 Å². The van der Waals surface area contributed by atoms with Crippen LogP contribution in [0.1, 0.15) is 30.4 Å². The van der Waals surface area contributed by atoms with E-state index in [0.717, 1.165) is 0 Å². The summed E-state index contributed by atoms with van der Waals surface area (Å²) in [5.41, 5.74) is 7.15. The van der Waals surface area contributed by atoms with Crippen molar-refractivity contribution in [2.45, 2.75) is 19.9 Å². The van der Waals surface area contributed by atoms with Crippen molar-refractivity contribution in [3.63, 3.8) is 0 Å². The molecule has 28 heavy (non-hydrogen) atoms. The lowest BCUT2D eigenvalue weighted by atomic mass is 10.0. The van der Waals surface area contributed by atoms with Crippen LogP contribution in [0.5, 0.6) is 5.75 Å². The standard InChI is InChI=1S/C20H20N4O4/c1-11(2)24-10-12(8-9-15(24)25)16-17(13-6-4-5-7-14(13)28-3)23-19(21)18(22-16)20(26)27/h4-11H,1-3H3,(H2,21,23)(H,26,27). The van der Waals surface area contributed by atoms with Crippen molar-refractivity contribution < 1.29 is 14.6 Å².